The van der Waals surface area contributed by atoms with Crippen molar-refractivity contribution in [1.82, 2.24) is 5.32 Å². The van der Waals surface area contributed by atoms with Crippen molar-refractivity contribution in [1.29, 1.82) is 0 Å². The lowest BCUT2D eigenvalue weighted by atomic mass is 9.76. The highest BCUT2D eigenvalue weighted by atomic mass is 19.3. The molecule has 1 saturated carbocycles. The molecule has 1 aliphatic heterocycles. The fourth-order valence-corrected chi connectivity index (χ4v) is 3.20. The Morgan fingerprint density at radius 1 is 1.12 bits per heavy atom. The van der Waals surface area contributed by atoms with Crippen molar-refractivity contribution >= 4 is 0 Å². The maximum Gasteiger partial charge on any atom is 0.248 e. The summed E-state index contributed by atoms with van der Waals surface area (Å²) < 4.78 is 31.9. The topological polar surface area (TPSA) is 21.3 Å². The number of nitrogens with one attached hydrogen (secondary N) is 1. The minimum Gasteiger partial charge on any atom is -0.378 e. The number of ether oxygens (including phenoxy) is 1. The van der Waals surface area contributed by atoms with Crippen molar-refractivity contribution in [3.05, 3.63) is 0 Å². The minimum atomic E-state index is -2.41. The zero-order chi connectivity index (χ0) is 12.4. The Morgan fingerprint density at radius 3 is 2.24 bits per heavy atom. The van der Waals surface area contributed by atoms with Crippen molar-refractivity contribution in [3.63, 3.8) is 0 Å². The highest BCUT2D eigenvalue weighted by molar-refractivity contribution is 4.90. The molecule has 1 heterocycles. The predicted octanol–water partition coefficient (Wildman–Crippen LogP) is 2.97. The first-order chi connectivity index (χ1) is 8.05. The van der Waals surface area contributed by atoms with E-state index in [9.17, 15) is 8.78 Å². The maximum atomic E-state index is 13.1. The molecule has 0 aromatic rings. The van der Waals surface area contributed by atoms with Gasteiger partial charge in [0, 0.05) is 20.0 Å². The van der Waals surface area contributed by atoms with Gasteiger partial charge in [0.25, 0.3) is 0 Å². The van der Waals surface area contributed by atoms with Crippen LogP contribution in [0.15, 0.2) is 0 Å². The number of hydrogen-bond acceptors (Lipinski definition) is 2. The molecule has 0 aromatic heterocycles. The molecule has 0 unspecified atom stereocenters. The van der Waals surface area contributed by atoms with Crippen molar-refractivity contribution in [2.24, 2.45) is 5.92 Å². The molecule has 2 nitrogen and oxygen atoms in total. The van der Waals surface area contributed by atoms with Gasteiger partial charge in [-0.25, -0.2) is 8.78 Å². The van der Waals surface area contributed by atoms with Gasteiger partial charge in [-0.1, -0.05) is 0 Å². The Balaban J connectivity index is 1.87. The Labute approximate surface area is 102 Å². The van der Waals surface area contributed by atoms with E-state index in [-0.39, 0.29) is 18.4 Å². The summed E-state index contributed by atoms with van der Waals surface area (Å²) in [5, 5.41) is 3.32. The number of halogens is 2. The van der Waals surface area contributed by atoms with Crippen LogP contribution >= 0.6 is 0 Å². The molecule has 17 heavy (non-hydrogen) atoms. The average molecular weight is 247 g/mol. The van der Waals surface area contributed by atoms with Crippen LogP contribution < -0.4 is 5.32 Å². The van der Waals surface area contributed by atoms with E-state index in [4.69, 9.17) is 4.74 Å². The van der Waals surface area contributed by atoms with Crippen LogP contribution in [0.4, 0.5) is 8.78 Å². The van der Waals surface area contributed by atoms with Crippen LogP contribution in [-0.2, 0) is 4.74 Å². The largest absolute Gasteiger partial charge is 0.378 e. The first-order valence-electron chi connectivity index (χ1n) is 6.69. The molecule has 0 aromatic carbocycles. The van der Waals surface area contributed by atoms with E-state index >= 15 is 0 Å². The van der Waals surface area contributed by atoms with E-state index in [1.54, 1.807) is 7.11 Å². The lowest BCUT2D eigenvalue weighted by Gasteiger charge is -2.40. The smallest absolute Gasteiger partial charge is 0.248 e. The molecular weight excluding hydrogens is 224 g/mol. The SMILES string of the molecule is COC1(CC2CCC(F)(F)CC2)CCNCC1. The monoisotopic (exact) mass is 247 g/mol. The van der Waals surface area contributed by atoms with Gasteiger partial charge in [-0.15, -0.1) is 0 Å². The molecule has 1 aliphatic carbocycles. The second kappa shape index (κ2) is 5.19. The highest BCUT2D eigenvalue weighted by Gasteiger charge is 2.39. The van der Waals surface area contributed by atoms with Gasteiger partial charge in [0.15, 0.2) is 0 Å². The quantitative estimate of drug-likeness (QED) is 0.828. The molecule has 2 rings (SSSR count). The third-order valence-corrected chi connectivity index (χ3v) is 4.45. The average Bonchev–Trinajstić information content (AvgIpc) is 2.33. The highest BCUT2D eigenvalue weighted by Crippen LogP contribution is 2.41. The van der Waals surface area contributed by atoms with E-state index in [1.807, 2.05) is 0 Å². The van der Waals surface area contributed by atoms with Crippen LogP contribution in [0, 0.1) is 5.92 Å². The van der Waals surface area contributed by atoms with Gasteiger partial charge in [-0.05, 0) is 51.1 Å². The zero-order valence-corrected chi connectivity index (χ0v) is 10.6. The first-order valence-corrected chi connectivity index (χ1v) is 6.69. The van der Waals surface area contributed by atoms with E-state index < -0.39 is 5.92 Å². The van der Waals surface area contributed by atoms with Crippen molar-refractivity contribution in [3.8, 4) is 0 Å². The van der Waals surface area contributed by atoms with Gasteiger partial charge in [0.05, 0.1) is 5.60 Å². The number of hydrogen-bond donors (Lipinski definition) is 1. The maximum absolute atomic E-state index is 13.1. The van der Waals surface area contributed by atoms with Gasteiger partial charge < -0.3 is 10.1 Å². The number of alkyl halides is 2. The van der Waals surface area contributed by atoms with Gasteiger partial charge in [-0.2, -0.15) is 0 Å². The summed E-state index contributed by atoms with van der Waals surface area (Å²) in [7, 11) is 1.77. The second-order valence-electron chi connectivity index (χ2n) is 5.64. The Bertz CT molecular complexity index is 242. The molecule has 0 spiro atoms. The third kappa shape index (κ3) is 3.38. The Kier molecular flexibility index (Phi) is 4.03. The van der Waals surface area contributed by atoms with Crippen molar-refractivity contribution in [2.75, 3.05) is 20.2 Å². The summed E-state index contributed by atoms with van der Waals surface area (Å²) in [4.78, 5) is 0. The van der Waals surface area contributed by atoms with Gasteiger partial charge in [0.2, 0.25) is 5.92 Å². The molecule has 0 atom stereocenters. The summed E-state index contributed by atoms with van der Waals surface area (Å²) >= 11 is 0. The summed E-state index contributed by atoms with van der Waals surface area (Å²) in [5.74, 6) is -1.99. The molecule has 0 radical (unpaired) electrons. The van der Waals surface area contributed by atoms with Crippen LogP contribution in [0.3, 0.4) is 0 Å². The third-order valence-electron chi connectivity index (χ3n) is 4.45. The predicted molar refractivity (Wildman–Crippen MR) is 63.4 cm³/mol. The summed E-state index contributed by atoms with van der Waals surface area (Å²) in [5.41, 5.74) is -0.0530. The lowest BCUT2D eigenvalue weighted by Crippen LogP contribution is -2.45. The summed E-state index contributed by atoms with van der Waals surface area (Å²) in [6.07, 6.45) is 4.43. The van der Waals surface area contributed by atoms with Crippen LogP contribution in [0.2, 0.25) is 0 Å². The fourth-order valence-electron chi connectivity index (χ4n) is 3.20. The molecule has 0 bridgehead atoms. The number of rotatable bonds is 3. The minimum absolute atomic E-state index is 0.0530. The second-order valence-corrected chi connectivity index (χ2v) is 5.64. The first kappa shape index (κ1) is 13.2. The summed E-state index contributed by atoms with van der Waals surface area (Å²) in [6, 6.07) is 0. The number of piperidine rings is 1. The van der Waals surface area contributed by atoms with Crippen molar-refractivity contribution in [2.45, 2.75) is 56.5 Å². The Morgan fingerprint density at radius 2 is 1.71 bits per heavy atom. The standard InChI is InChI=1S/C13H23F2NO/c1-17-12(6-8-16-9-7-12)10-11-2-4-13(14,15)5-3-11/h11,16H,2-10H2,1H3. The van der Waals surface area contributed by atoms with Crippen LogP contribution in [0.1, 0.15) is 44.9 Å². The normalized spacial score (nSPS) is 29.1. The van der Waals surface area contributed by atoms with E-state index in [0.717, 1.165) is 32.4 Å². The van der Waals surface area contributed by atoms with Crippen molar-refractivity contribution < 1.29 is 13.5 Å². The van der Waals surface area contributed by atoms with E-state index in [1.165, 1.54) is 0 Å². The van der Waals surface area contributed by atoms with Gasteiger partial charge in [0.1, 0.15) is 0 Å². The number of methoxy groups -OCH3 is 1. The molecule has 2 fully saturated rings. The molecule has 1 N–H and O–H groups in total. The molecule has 100 valence electrons. The van der Waals surface area contributed by atoms with Gasteiger partial charge >= 0.3 is 0 Å². The summed E-state index contributed by atoms with van der Waals surface area (Å²) in [6.45, 7) is 1.97. The lowest BCUT2D eigenvalue weighted by molar-refractivity contribution is -0.0800. The zero-order valence-electron chi connectivity index (χ0n) is 10.6. The van der Waals surface area contributed by atoms with E-state index in [2.05, 4.69) is 5.32 Å². The van der Waals surface area contributed by atoms with Gasteiger partial charge in [-0.3, -0.25) is 0 Å². The Hall–Kier alpha value is -0.220. The molecular formula is C13H23F2NO. The fraction of sp³-hybridized carbons (Fsp3) is 1.00. The molecule has 0 amide bonds. The molecule has 4 heteroatoms. The molecule has 2 aliphatic rings. The van der Waals surface area contributed by atoms with E-state index in [0.29, 0.717) is 18.8 Å². The van der Waals surface area contributed by atoms with Crippen LogP contribution in [0.5, 0.6) is 0 Å². The van der Waals surface area contributed by atoms with Crippen LogP contribution in [-0.4, -0.2) is 31.7 Å². The van der Waals surface area contributed by atoms with Crippen LogP contribution in [0.25, 0.3) is 0 Å². The molecule has 1 saturated heterocycles.